The van der Waals surface area contributed by atoms with Gasteiger partial charge in [-0.3, -0.25) is 0 Å². The molecule has 1 aliphatic carbocycles. The van der Waals surface area contributed by atoms with Crippen molar-refractivity contribution in [3.63, 3.8) is 0 Å². The van der Waals surface area contributed by atoms with Gasteiger partial charge in [0.05, 0.1) is 21.7 Å². The van der Waals surface area contributed by atoms with E-state index in [-0.39, 0.29) is 27.3 Å². The maximum absolute atomic E-state index is 13.4. The monoisotopic (exact) mass is 409 g/mol. The van der Waals surface area contributed by atoms with E-state index in [1.807, 2.05) is 0 Å². The first-order valence-corrected chi connectivity index (χ1v) is 10.2. The molecule has 1 aliphatic rings. The van der Waals surface area contributed by atoms with Gasteiger partial charge in [-0.25, -0.2) is 22.5 Å². The van der Waals surface area contributed by atoms with Crippen molar-refractivity contribution in [1.82, 2.24) is 9.71 Å². The Morgan fingerprint density at radius 1 is 1.30 bits per heavy atom. The lowest BCUT2D eigenvalue weighted by Gasteiger charge is -2.26. The second-order valence-corrected chi connectivity index (χ2v) is 8.54. The average molecular weight is 410 g/mol. The molecule has 3 rings (SSSR count). The number of nitrogens with zero attached hydrogens (tertiary/aromatic N) is 2. The van der Waals surface area contributed by atoms with Gasteiger partial charge in [0.25, 0.3) is 0 Å². The Labute approximate surface area is 161 Å². The van der Waals surface area contributed by atoms with Gasteiger partial charge in [0, 0.05) is 11.6 Å². The van der Waals surface area contributed by atoms with Gasteiger partial charge in [-0.2, -0.15) is 5.26 Å². The topological polar surface area (TPSA) is 103 Å². The van der Waals surface area contributed by atoms with Gasteiger partial charge < -0.3 is 5.11 Å². The predicted octanol–water partition coefficient (Wildman–Crippen LogP) is 2.99. The summed E-state index contributed by atoms with van der Waals surface area (Å²) in [6, 6.07) is 7.93. The van der Waals surface area contributed by atoms with Crippen LogP contribution in [0.1, 0.15) is 31.4 Å². The Kier molecular flexibility index (Phi) is 5.77. The Morgan fingerprint density at radius 2 is 2.07 bits per heavy atom. The third-order valence-corrected chi connectivity index (χ3v) is 6.28. The maximum atomic E-state index is 13.4. The van der Waals surface area contributed by atoms with E-state index in [4.69, 9.17) is 16.9 Å². The van der Waals surface area contributed by atoms with E-state index in [1.54, 1.807) is 6.07 Å². The number of aliphatic hydroxyl groups is 1. The largest absolute Gasteiger partial charge is 0.393 e. The normalized spacial score (nSPS) is 20.2. The van der Waals surface area contributed by atoms with Gasteiger partial charge in [0.15, 0.2) is 11.5 Å². The summed E-state index contributed by atoms with van der Waals surface area (Å²) in [5, 5.41) is 18.7. The zero-order chi connectivity index (χ0) is 19.6. The summed E-state index contributed by atoms with van der Waals surface area (Å²) in [4.78, 5) is 3.89. The Balaban J connectivity index is 1.87. The molecule has 2 aromatic rings. The first-order chi connectivity index (χ1) is 12.8. The fourth-order valence-corrected chi connectivity index (χ4v) is 4.75. The number of halogens is 2. The van der Waals surface area contributed by atoms with Crippen molar-refractivity contribution < 1.29 is 17.9 Å². The molecule has 27 heavy (non-hydrogen) atoms. The second-order valence-electron chi connectivity index (χ2n) is 6.42. The molecule has 0 bridgehead atoms. The van der Waals surface area contributed by atoms with Crippen molar-refractivity contribution in [2.75, 3.05) is 0 Å². The van der Waals surface area contributed by atoms with Crippen molar-refractivity contribution in [3.8, 4) is 17.3 Å². The fraction of sp³-hybridized carbons (Fsp3) is 0.333. The molecule has 0 aliphatic heterocycles. The van der Waals surface area contributed by atoms with Crippen molar-refractivity contribution in [2.45, 2.75) is 42.7 Å². The van der Waals surface area contributed by atoms with Crippen LogP contribution in [0.3, 0.4) is 0 Å². The van der Waals surface area contributed by atoms with Crippen molar-refractivity contribution in [1.29, 1.82) is 5.26 Å². The van der Waals surface area contributed by atoms with E-state index >= 15 is 0 Å². The molecule has 9 heteroatoms. The van der Waals surface area contributed by atoms with Crippen LogP contribution in [0.2, 0.25) is 5.02 Å². The molecule has 1 saturated carbocycles. The molecule has 142 valence electrons. The lowest BCUT2D eigenvalue weighted by molar-refractivity contribution is 0.117. The van der Waals surface area contributed by atoms with Gasteiger partial charge in [-0.05, 0) is 56.0 Å². The smallest absolute Gasteiger partial charge is 0.240 e. The van der Waals surface area contributed by atoms with Crippen LogP contribution < -0.4 is 4.72 Å². The highest BCUT2D eigenvalue weighted by atomic mass is 35.5. The first kappa shape index (κ1) is 19.7. The predicted molar refractivity (Wildman–Crippen MR) is 97.9 cm³/mol. The maximum Gasteiger partial charge on any atom is 0.240 e. The lowest BCUT2D eigenvalue weighted by Crippen LogP contribution is -2.39. The third-order valence-electron chi connectivity index (χ3n) is 4.45. The van der Waals surface area contributed by atoms with E-state index < -0.39 is 21.9 Å². The van der Waals surface area contributed by atoms with Crippen LogP contribution >= 0.6 is 11.6 Å². The van der Waals surface area contributed by atoms with E-state index in [0.29, 0.717) is 24.8 Å². The number of hydrogen-bond acceptors (Lipinski definition) is 5. The summed E-state index contributed by atoms with van der Waals surface area (Å²) < 4.78 is 41.2. The van der Waals surface area contributed by atoms with Crippen LogP contribution in [-0.2, 0) is 10.0 Å². The van der Waals surface area contributed by atoms with Crippen LogP contribution in [0.15, 0.2) is 35.2 Å². The van der Waals surface area contributed by atoms with E-state index in [1.165, 1.54) is 24.3 Å². The van der Waals surface area contributed by atoms with Gasteiger partial charge >= 0.3 is 0 Å². The number of aromatic nitrogens is 1. The Bertz CT molecular complexity index is 1010. The molecule has 2 N–H and O–H groups in total. The van der Waals surface area contributed by atoms with Crippen LogP contribution in [0, 0.1) is 17.1 Å². The summed E-state index contributed by atoms with van der Waals surface area (Å²) in [6.07, 6.45) is 1.97. The number of rotatable bonds is 4. The van der Waals surface area contributed by atoms with Crippen molar-refractivity contribution in [2.24, 2.45) is 0 Å². The van der Waals surface area contributed by atoms with Gasteiger partial charge in [0.2, 0.25) is 10.0 Å². The fourth-order valence-electron chi connectivity index (χ4n) is 3.10. The minimum absolute atomic E-state index is 0.0149. The average Bonchev–Trinajstić information content (AvgIpc) is 2.62. The molecule has 0 amide bonds. The molecule has 6 nitrogen and oxygen atoms in total. The number of benzene rings is 1. The summed E-state index contributed by atoms with van der Waals surface area (Å²) in [6.45, 7) is 0. The number of pyridine rings is 1. The summed E-state index contributed by atoms with van der Waals surface area (Å²) >= 11 is 6.22. The first-order valence-electron chi connectivity index (χ1n) is 8.37. The van der Waals surface area contributed by atoms with Crippen LogP contribution in [-0.4, -0.2) is 30.7 Å². The van der Waals surface area contributed by atoms with Gasteiger partial charge in [-0.1, -0.05) is 11.6 Å². The number of nitrogens with one attached hydrogen (secondary N) is 1. The molecule has 0 radical (unpaired) electrons. The molecular weight excluding hydrogens is 393 g/mol. The Morgan fingerprint density at radius 3 is 2.74 bits per heavy atom. The zero-order valence-corrected chi connectivity index (χ0v) is 15.8. The molecule has 0 spiro atoms. The molecule has 2 atom stereocenters. The minimum Gasteiger partial charge on any atom is -0.393 e. The highest BCUT2D eigenvalue weighted by Crippen LogP contribution is 2.30. The third kappa shape index (κ3) is 4.45. The SMILES string of the molecule is N#Cc1nc(-c2ccc(S(=O)(=O)NC3CCCC(O)C3)cc2Cl)ccc1F. The number of sulfonamides is 1. The second kappa shape index (κ2) is 7.90. The molecule has 1 fully saturated rings. The van der Waals surface area contributed by atoms with E-state index in [9.17, 15) is 17.9 Å². The van der Waals surface area contributed by atoms with Crippen LogP contribution in [0.4, 0.5) is 4.39 Å². The van der Waals surface area contributed by atoms with Crippen molar-refractivity contribution >= 4 is 21.6 Å². The summed E-state index contributed by atoms with van der Waals surface area (Å²) in [7, 11) is -3.80. The molecule has 2 unspecified atom stereocenters. The number of nitriles is 1. The molecule has 0 saturated heterocycles. The van der Waals surface area contributed by atoms with Gasteiger partial charge in [-0.15, -0.1) is 0 Å². The van der Waals surface area contributed by atoms with E-state index in [2.05, 4.69) is 9.71 Å². The van der Waals surface area contributed by atoms with Gasteiger partial charge in [0.1, 0.15) is 6.07 Å². The number of aliphatic hydroxyl groups excluding tert-OH is 1. The Hall–Kier alpha value is -2.05. The molecule has 1 aromatic heterocycles. The summed E-state index contributed by atoms with van der Waals surface area (Å²) in [5.41, 5.74) is 0.295. The lowest BCUT2D eigenvalue weighted by atomic mass is 9.94. The molecule has 1 aromatic carbocycles. The van der Waals surface area contributed by atoms with Crippen LogP contribution in [0.5, 0.6) is 0 Å². The molecular formula is C18H17ClFN3O3S. The minimum atomic E-state index is -3.80. The number of hydrogen-bond donors (Lipinski definition) is 2. The highest BCUT2D eigenvalue weighted by molar-refractivity contribution is 7.89. The molecule has 1 heterocycles. The quantitative estimate of drug-likeness (QED) is 0.807. The zero-order valence-electron chi connectivity index (χ0n) is 14.2. The summed E-state index contributed by atoms with van der Waals surface area (Å²) in [5.74, 6) is -0.740. The van der Waals surface area contributed by atoms with E-state index in [0.717, 1.165) is 12.5 Å². The van der Waals surface area contributed by atoms with Crippen LogP contribution in [0.25, 0.3) is 11.3 Å². The standard InChI is InChI=1S/C18H17ClFN3O3S/c19-15-9-13(27(25,26)23-11-2-1-3-12(24)8-11)4-5-14(15)17-7-6-16(20)18(10-21)22-17/h4-7,9,11-12,23-24H,1-3,8H2. The highest BCUT2D eigenvalue weighted by Gasteiger charge is 2.26. The van der Waals surface area contributed by atoms with Crippen molar-refractivity contribution in [3.05, 3.63) is 46.9 Å².